The highest BCUT2D eigenvalue weighted by atomic mass is 16.5. The topological polar surface area (TPSA) is 363 Å². The molecule has 23 nitrogen and oxygen atoms in total. The molecule has 2 aromatic carbocycles. The maximum Gasteiger partial charge on any atom is 0.326 e. The van der Waals surface area contributed by atoms with Crippen molar-refractivity contribution in [3.05, 3.63) is 102 Å². The number of methoxy groups -OCH3 is 1. The van der Waals surface area contributed by atoms with Crippen LogP contribution in [0.25, 0.3) is 0 Å². The summed E-state index contributed by atoms with van der Waals surface area (Å²) in [6.45, 7) is 10.1. The number of guanidine groups is 1. The van der Waals surface area contributed by atoms with Gasteiger partial charge in [0.05, 0.1) is 24.5 Å². The fraction of sp³-hybridized carbons (Fsp3) is 0.451. The van der Waals surface area contributed by atoms with Crippen LogP contribution in [0.2, 0.25) is 0 Å². The Morgan fingerprint density at radius 2 is 1.46 bits per heavy atom. The third-order valence-electron chi connectivity index (χ3n) is 12.2. The quantitative estimate of drug-likeness (QED) is 0.0375. The molecule has 1 aliphatic heterocycles. The first-order valence-corrected chi connectivity index (χ1v) is 23.9. The number of nitrogens with one attached hydrogen (secondary N) is 6. The Balaban J connectivity index is 2.11. The molecular weight excluding hydrogens is 961 g/mol. The highest BCUT2D eigenvalue weighted by Crippen LogP contribution is 2.19. The Kier molecular flexibility index (Phi) is 24.0. The van der Waals surface area contributed by atoms with Crippen LogP contribution in [0.3, 0.4) is 0 Å². The number of aromatic hydroxyl groups is 1. The van der Waals surface area contributed by atoms with Gasteiger partial charge in [0.2, 0.25) is 35.4 Å². The number of likely N-dealkylation sites (N-methyl/N-ethyl adjacent to an activating group) is 1. The molecule has 0 aliphatic carbocycles. The summed E-state index contributed by atoms with van der Waals surface area (Å²) in [6.07, 6.45) is 3.30. The number of aliphatic imine (C=N–C) groups is 1. The lowest BCUT2D eigenvalue weighted by molar-refractivity contribution is -0.144. The molecule has 0 bridgehead atoms. The molecule has 0 radical (unpaired) electrons. The average Bonchev–Trinajstić information content (AvgIpc) is 3.35. The van der Waals surface area contributed by atoms with Gasteiger partial charge < -0.3 is 68.3 Å². The standard InChI is InChI=1S/C51H70N10O13/c1-28(24-29(2)41(74-7)26-33-12-9-8-10-13-33)15-20-36-30(3)44(65)58-38(49(70)71)21-22-43(64)61(6)32(5)46(67)55-31(4)45(66)59-39(25-34-16-18-35(62)19-17-34)48(69)60-40(50(72)73)27-42(63)56-37(47(68)57-36)14-11-23-54-51(52)53/h8-10,12-13,15-20,24,29-31,36-41,62H,5,11,14,21-23,25-27H2,1-4,6-7H3,(H,55,67)(H,56,63)(H,57,68)(H,58,65)(H,59,66)(H,60,69)(H,70,71)(H,72,73)(H4,52,53,54)/b20-15+,28-24+/t29-,30-,31+,36?,37?,38+,39-,40?,41-/m0/s1. The molecule has 9 atom stereocenters. The smallest absolute Gasteiger partial charge is 0.326 e. The first kappa shape index (κ1) is 60.2. The molecule has 3 unspecified atom stereocenters. The van der Waals surface area contributed by atoms with E-state index in [0.717, 1.165) is 10.5 Å². The molecule has 1 heterocycles. The van der Waals surface area contributed by atoms with Gasteiger partial charge in [-0.2, -0.15) is 0 Å². The molecule has 74 heavy (non-hydrogen) atoms. The maximum absolute atomic E-state index is 14.3. The summed E-state index contributed by atoms with van der Waals surface area (Å²) >= 11 is 0. The van der Waals surface area contributed by atoms with E-state index in [1.165, 1.54) is 51.2 Å². The van der Waals surface area contributed by atoms with Crippen LogP contribution < -0.4 is 43.4 Å². The van der Waals surface area contributed by atoms with Gasteiger partial charge in [0, 0.05) is 39.5 Å². The van der Waals surface area contributed by atoms with Crippen LogP contribution in [-0.4, -0.2) is 143 Å². The first-order valence-electron chi connectivity index (χ1n) is 23.9. The number of carboxylic acid groups (broad SMARTS) is 2. The number of carbonyl (C=O) groups is 9. The lowest BCUT2D eigenvalue weighted by Crippen LogP contribution is -2.57. The van der Waals surface area contributed by atoms with E-state index in [9.17, 15) is 58.5 Å². The van der Waals surface area contributed by atoms with Crippen molar-refractivity contribution in [3.63, 3.8) is 0 Å². The van der Waals surface area contributed by atoms with Gasteiger partial charge >= 0.3 is 11.9 Å². The molecule has 0 spiro atoms. The first-order chi connectivity index (χ1) is 34.9. The molecule has 0 aromatic heterocycles. The Labute approximate surface area is 429 Å². The number of hydrogen-bond acceptors (Lipinski definition) is 12. The minimum atomic E-state index is -1.93. The number of carboxylic acids is 2. The van der Waals surface area contributed by atoms with Crippen molar-refractivity contribution in [1.82, 2.24) is 36.8 Å². The average molecular weight is 1030 g/mol. The van der Waals surface area contributed by atoms with Crippen LogP contribution in [0.5, 0.6) is 5.75 Å². The van der Waals surface area contributed by atoms with E-state index in [2.05, 4.69) is 43.5 Å². The number of nitrogens with zero attached hydrogens (tertiary/aromatic N) is 2. The van der Waals surface area contributed by atoms with Crippen LogP contribution in [-0.2, 0) is 60.7 Å². The van der Waals surface area contributed by atoms with Gasteiger partial charge in [-0.1, -0.05) is 86.7 Å². The van der Waals surface area contributed by atoms with Gasteiger partial charge in [-0.05, 0) is 62.8 Å². The lowest BCUT2D eigenvalue weighted by Gasteiger charge is -2.27. The van der Waals surface area contributed by atoms with E-state index in [0.29, 0.717) is 17.6 Å². The van der Waals surface area contributed by atoms with Crippen molar-refractivity contribution in [2.24, 2.45) is 28.3 Å². The van der Waals surface area contributed by atoms with Crippen molar-refractivity contribution in [2.45, 2.75) is 115 Å². The summed E-state index contributed by atoms with van der Waals surface area (Å²) < 4.78 is 5.81. The van der Waals surface area contributed by atoms with Crippen LogP contribution in [0.4, 0.5) is 0 Å². The molecule has 13 N–H and O–H groups in total. The number of nitrogens with two attached hydrogens (primary N) is 2. The number of ether oxygens (including phenoxy) is 1. The summed E-state index contributed by atoms with van der Waals surface area (Å²) in [5, 5.41) is 45.1. The van der Waals surface area contributed by atoms with Crippen LogP contribution in [0, 0.1) is 11.8 Å². The molecule has 402 valence electrons. The molecule has 7 amide bonds. The summed E-state index contributed by atoms with van der Waals surface area (Å²) in [5.41, 5.74) is 12.7. The second-order valence-corrected chi connectivity index (χ2v) is 18.1. The second kappa shape index (κ2) is 29.4. The number of carbonyl (C=O) groups excluding carboxylic acids is 7. The SMILES string of the molecule is C=C1C(=O)N[C@H](C)C(=O)N[C@@H](Cc2ccc(O)cc2)C(=O)NC(C(=O)O)CC(=O)NC(CCCN=C(N)N)C(=O)NC(/C=C/C(C)=C/[C@H](C)[C@H](Cc2ccccc2)OC)[C@H](C)C(=O)N[C@@H](C(=O)O)CCC(=O)N1C. The van der Waals surface area contributed by atoms with Gasteiger partial charge in [-0.25, -0.2) is 9.59 Å². The van der Waals surface area contributed by atoms with Gasteiger partial charge in [0.1, 0.15) is 41.7 Å². The molecule has 2 aromatic rings. The third kappa shape index (κ3) is 19.8. The summed E-state index contributed by atoms with van der Waals surface area (Å²) in [4.78, 5) is 126. The summed E-state index contributed by atoms with van der Waals surface area (Å²) in [6, 6.07) is 6.12. The van der Waals surface area contributed by atoms with Crippen molar-refractivity contribution in [1.29, 1.82) is 0 Å². The van der Waals surface area contributed by atoms with Crippen LogP contribution in [0.15, 0.2) is 95.7 Å². The lowest BCUT2D eigenvalue weighted by atomic mass is 9.94. The van der Waals surface area contributed by atoms with Gasteiger partial charge in [0.15, 0.2) is 5.96 Å². The van der Waals surface area contributed by atoms with E-state index in [1.807, 2.05) is 43.3 Å². The molecule has 23 heteroatoms. The highest BCUT2D eigenvalue weighted by Gasteiger charge is 2.34. The number of phenolic OH excluding ortho intramolecular Hbond substituents is 1. The molecular formula is C51H70N10O13. The normalized spacial score (nSPS) is 23.6. The van der Waals surface area contributed by atoms with Crippen LogP contribution >= 0.6 is 0 Å². The number of hydrogen-bond donors (Lipinski definition) is 11. The van der Waals surface area contributed by atoms with Gasteiger partial charge in [0.25, 0.3) is 5.91 Å². The Bertz CT molecular complexity index is 2420. The third-order valence-corrected chi connectivity index (χ3v) is 12.2. The fourth-order valence-corrected chi connectivity index (χ4v) is 7.63. The van der Waals surface area contributed by atoms with Crippen molar-refractivity contribution in [2.75, 3.05) is 20.7 Å². The van der Waals surface area contributed by atoms with Crippen molar-refractivity contribution < 1.29 is 63.2 Å². The molecule has 0 saturated carbocycles. The van der Waals surface area contributed by atoms with Crippen molar-refractivity contribution >= 4 is 59.2 Å². The van der Waals surface area contributed by atoms with Gasteiger partial charge in [-0.3, -0.25) is 38.6 Å². The van der Waals surface area contributed by atoms with E-state index in [-0.39, 0.29) is 49.5 Å². The number of allylic oxidation sites excluding steroid dienone is 2. The number of aliphatic carboxylic acids is 2. The number of amides is 7. The fourth-order valence-electron chi connectivity index (χ4n) is 7.63. The second-order valence-electron chi connectivity index (χ2n) is 18.1. The Morgan fingerprint density at radius 1 is 0.838 bits per heavy atom. The van der Waals surface area contributed by atoms with E-state index in [4.69, 9.17) is 16.2 Å². The van der Waals surface area contributed by atoms with E-state index < -0.39 is 120 Å². The van der Waals surface area contributed by atoms with E-state index in [1.54, 1.807) is 20.1 Å². The molecule has 1 fully saturated rings. The molecule has 1 aliphatic rings. The van der Waals surface area contributed by atoms with Gasteiger partial charge in [-0.15, -0.1) is 0 Å². The Hall–Kier alpha value is -8.08. The van der Waals surface area contributed by atoms with Crippen molar-refractivity contribution in [3.8, 4) is 5.75 Å². The zero-order valence-electron chi connectivity index (χ0n) is 42.5. The summed E-state index contributed by atoms with van der Waals surface area (Å²) in [7, 11) is 2.80. The maximum atomic E-state index is 14.3. The number of phenols is 1. The largest absolute Gasteiger partial charge is 0.508 e. The van der Waals surface area contributed by atoms with Crippen LogP contribution in [0.1, 0.15) is 70.9 Å². The minimum Gasteiger partial charge on any atom is -0.508 e. The highest BCUT2D eigenvalue weighted by molar-refractivity contribution is 6.00. The molecule has 1 saturated heterocycles. The Morgan fingerprint density at radius 3 is 2.07 bits per heavy atom. The number of rotatable bonds is 15. The predicted octanol–water partition coefficient (Wildman–Crippen LogP) is 0.275. The summed E-state index contributed by atoms with van der Waals surface area (Å²) in [5.74, 6) is -11.4. The zero-order valence-corrected chi connectivity index (χ0v) is 42.5. The van der Waals surface area contributed by atoms with E-state index >= 15 is 0 Å². The monoisotopic (exact) mass is 1030 g/mol. The molecule has 3 rings (SSSR count). The predicted molar refractivity (Wildman–Crippen MR) is 272 cm³/mol. The minimum absolute atomic E-state index is 0.00622. The zero-order chi connectivity index (χ0) is 55.2. The number of benzene rings is 2.